The Kier molecular flexibility index (Phi) is 5.51. The number of pyridine rings is 1. The van der Waals surface area contributed by atoms with Crippen LogP contribution in [0.5, 0.6) is 5.75 Å². The van der Waals surface area contributed by atoms with Crippen LogP contribution in [0.1, 0.15) is 12.0 Å². The van der Waals surface area contributed by atoms with Crippen LogP contribution < -0.4 is 21.5 Å². The first-order valence-electron chi connectivity index (χ1n) is 7.77. The molecule has 2 aromatic rings. The number of aromatic nitrogens is 1. The molecule has 0 fully saturated rings. The number of nitrogens with zero attached hydrogens (tertiary/aromatic N) is 2. The Balaban J connectivity index is 2.57. The van der Waals surface area contributed by atoms with Gasteiger partial charge in [-0.1, -0.05) is 6.07 Å². The number of hydrogen-bond donors (Lipinski definition) is 4. The van der Waals surface area contributed by atoms with Crippen LogP contribution in [0.3, 0.4) is 0 Å². The van der Waals surface area contributed by atoms with E-state index in [4.69, 9.17) is 10.8 Å². The third kappa shape index (κ3) is 3.94. The maximum absolute atomic E-state index is 12.7. The van der Waals surface area contributed by atoms with E-state index in [1.54, 1.807) is 25.1 Å². The molecule has 9 nitrogen and oxygen atoms in total. The van der Waals surface area contributed by atoms with Gasteiger partial charge in [0.25, 0.3) is 5.56 Å². The van der Waals surface area contributed by atoms with Crippen molar-refractivity contribution >= 4 is 29.1 Å². The highest BCUT2D eigenvalue weighted by Gasteiger charge is 2.26. The molecule has 0 saturated carbocycles. The lowest BCUT2D eigenvalue weighted by molar-refractivity contribution is -0.136. The van der Waals surface area contributed by atoms with Crippen molar-refractivity contribution in [3.63, 3.8) is 0 Å². The van der Waals surface area contributed by atoms with Gasteiger partial charge >= 0.3 is 12.0 Å². The summed E-state index contributed by atoms with van der Waals surface area (Å²) in [5.41, 5.74) is 5.94. The molecular weight excluding hydrogens is 340 g/mol. The first-order chi connectivity index (χ1) is 12.2. The molecule has 0 aliphatic carbocycles. The summed E-state index contributed by atoms with van der Waals surface area (Å²) in [5.74, 6) is -1.42. The SMILES string of the molecule is Cc1cn(C)c(=O)c(N(C(=O)NCCC(=O)O)c2cccc(N)c2)c1O. The molecule has 0 aliphatic rings. The normalized spacial score (nSPS) is 10.4. The first kappa shape index (κ1) is 18.8. The largest absolute Gasteiger partial charge is 0.505 e. The van der Waals surface area contributed by atoms with Crippen molar-refractivity contribution in [3.05, 3.63) is 46.4 Å². The van der Waals surface area contributed by atoms with E-state index in [9.17, 15) is 19.5 Å². The summed E-state index contributed by atoms with van der Waals surface area (Å²) in [6, 6.07) is 5.47. The van der Waals surface area contributed by atoms with Gasteiger partial charge in [0.1, 0.15) is 5.75 Å². The standard InChI is InChI=1S/C17H20N4O5/c1-10-9-20(2)16(25)14(15(10)24)21(12-5-3-4-11(18)8-12)17(26)19-7-6-13(22)23/h3-5,8-9,24H,6-7,18H2,1-2H3,(H,19,26)(H,22,23). The number of carboxylic acid groups (broad SMARTS) is 1. The van der Waals surface area contributed by atoms with E-state index in [-0.39, 0.29) is 30.1 Å². The van der Waals surface area contributed by atoms with Gasteiger partial charge in [-0.2, -0.15) is 0 Å². The number of carbonyl (C=O) groups is 2. The zero-order chi connectivity index (χ0) is 19.4. The van der Waals surface area contributed by atoms with Gasteiger partial charge in [-0.25, -0.2) is 4.79 Å². The van der Waals surface area contributed by atoms with Gasteiger partial charge < -0.3 is 25.8 Å². The number of rotatable bonds is 5. The van der Waals surface area contributed by atoms with Crippen LogP contribution >= 0.6 is 0 Å². The average Bonchev–Trinajstić information content (AvgIpc) is 2.56. The van der Waals surface area contributed by atoms with Crippen molar-refractivity contribution in [1.82, 2.24) is 9.88 Å². The van der Waals surface area contributed by atoms with Crippen molar-refractivity contribution in [2.75, 3.05) is 17.2 Å². The van der Waals surface area contributed by atoms with Crippen LogP contribution in [0.25, 0.3) is 0 Å². The van der Waals surface area contributed by atoms with Gasteiger partial charge in [0.2, 0.25) is 0 Å². The molecular formula is C17H20N4O5. The van der Waals surface area contributed by atoms with Crippen LogP contribution in [0, 0.1) is 6.92 Å². The highest BCUT2D eigenvalue weighted by molar-refractivity contribution is 6.01. The van der Waals surface area contributed by atoms with Gasteiger partial charge in [-0.05, 0) is 25.1 Å². The maximum atomic E-state index is 12.7. The molecule has 0 radical (unpaired) electrons. The van der Waals surface area contributed by atoms with Gasteiger partial charge in [0, 0.05) is 31.0 Å². The number of urea groups is 1. The van der Waals surface area contributed by atoms with Crippen LogP contribution in [-0.4, -0.2) is 33.3 Å². The predicted molar refractivity (Wildman–Crippen MR) is 96.7 cm³/mol. The Labute approximate surface area is 149 Å². The fraction of sp³-hybridized carbons (Fsp3) is 0.235. The third-order valence-corrected chi connectivity index (χ3v) is 3.68. The molecule has 0 aliphatic heterocycles. The van der Waals surface area contributed by atoms with E-state index < -0.39 is 17.6 Å². The lowest BCUT2D eigenvalue weighted by Gasteiger charge is -2.24. The van der Waals surface area contributed by atoms with Gasteiger partial charge in [-0.15, -0.1) is 0 Å². The molecule has 5 N–H and O–H groups in total. The zero-order valence-corrected chi connectivity index (χ0v) is 14.4. The average molecular weight is 360 g/mol. The number of amides is 2. The number of nitrogens with one attached hydrogen (secondary N) is 1. The van der Waals surface area contributed by atoms with Crippen LogP contribution in [0.4, 0.5) is 21.9 Å². The maximum Gasteiger partial charge on any atom is 0.326 e. The fourth-order valence-corrected chi connectivity index (χ4v) is 2.43. The Bertz CT molecular complexity index is 907. The van der Waals surface area contributed by atoms with E-state index in [0.29, 0.717) is 11.3 Å². The van der Waals surface area contributed by atoms with Gasteiger partial charge in [0.15, 0.2) is 5.69 Å². The highest BCUT2D eigenvalue weighted by atomic mass is 16.4. The molecule has 138 valence electrons. The van der Waals surface area contributed by atoms with Crippen molar-refractivity contribution in [2.24, 2.45) is 7.05 Å². The van der Waals surface area contributed by atoms with E-state index in [1.807, 2.05) is 0 Å². The minimum Gasteiger partial charge on any atom is -0.505 e. The summed E-state index contributed by atoms with van der Waals surface area (Å²) in [6.45, 7) is 1.46. The minimum absolute atomic E-state index is 0.139. The molecule has 26 heavy (non-hydrogen) atoms. The fourth-order valence-electron chi connectivity index (χ4n) is 2.43. The lowest BCUT2D eigenvalue weighted by atomic mass is 10.2. The van der Waals surface area contributed by atoms with E-state index >= 15 is 0 Å². The van der Waals surface area contributed by atoms with Crippen molar-refractivity contribution in [1.29, 1.82) is 0 Å². The number of hydrogen-bond acceptors (Lipinski definition) is 5. The second kappa shape index (κ2) is 7.60. The van der Waals surface area contributed by atoms with E-state index in [1.165, 1.54) is 23.9 Å². The van der Waals surface area contributed by atoms with E-state index in [2.05, 4.69) is 5.32 Å². The number of carbonyl (C=O) groups excluding carboxylic acids is 1. The molecule has 0 saturated heterocycles. The van der Waals surface area contributed by atoms with Crippen molar-refractivity contribution < 1.29 is 19.8 Å². The monoisotopic (exact) mass is 360 g/mol. The molecule has 0 unspecified atom stereocenters. The number of nitrogens with two attached hydrogens (primary N) is 1. The zero-order valence-electron chi connectivity index (χ0n) is 14.4. The quantitative estimate of drug-likeness (QED) is 0.593. The van der Waals surface area contributed by atoms with E-state index in [0.717, 1.165) is 4.90 Å². The molecule has 2 amide bonds. The summed E-state index contributed by atoms with van der Waals surface area (Å²) >= 11 is 0. The number of anilines is 3. The Morgan fingerprint density at radius 1 is 1.35 bits per heavy atom. The smallest absolute Gasteiger partial charge is 0.326 e. The number of nitrogen functional groups attached to an aromatic ring is 1. The topological polar surface area (TPSA) is 138 Å². The van der Waals surface area contributed by atoms with Gasteiger partial charge in [-0.3, -0.25) is 14.5 Å². The summed E-state index contributed by atoms with van der Waals surface area (Å²) in [4.78, 5) is 36.9. The molecule has 0 bridgehead atoms. The summed E-state index contributed by atoms with van der Waals surface area (Å²) in [5, 5.41) is 21.6. The molecule has 0 spiro atoms. The minimum atomic E-state index is -1.07. The lowest BCUT2D eigenvalue weighted by Crippen LogP contribution is -2.41. The third-order valence-electron chi connectivity index (χ3n) is 3.68. The molecule has 1 aromatic carbocycles. The molecule has 2 rings (SSSR count). The number of benzene rings is 1. The number of aliphatic carboxylic acids is 1. The molecule has 1 heterocycles. The summed E-state index contributed by atoms with van der Waals surface area (Å²) in [6.07, 6.45) is 1.16. The Morgan fingerprint density at radius 2 is 2.04 bits per heavy atom. The van der Waals surface area contributed by atoms with Crippen molar-refractivity contribution in [3.8, 4) is 5.75 Å². The Hall–Kier alpha value is -3.49. The number of aromatic hydroxyl groups is 1. The first-order valence-corrected chi connectivity index (χ1v) is 7.77. The molecule has 9 heteroatoms. The second-order valence-corrected chi connectivity index (χ2v) is 5.73. The Morgan fingerprint density at radius 3 is 2.65 bits per heavy atom. The van der Waals surface area contributed by atoms with Crippen LogP contribution in [-0.2, 0) is 11.8 Å². The predicted octanol–water partition coefficient (Wildman–Crippen LogP) is 1.30. The number of aryl methyl sites for hydroxylation is 2. The highest BCUT2D eigenvalue weighted by Crippen LogP contribution is 2.33. The summed E-state index contributed by atoms with van der Waals surface area (Å²) < 4.78 is 1.24. The molecule has 1 aromatic heterocycles. The molecule has 0 atom stereocenters. The van der Waals surface area contributed by atoms with Crippen molar-refractivity contribution in [2.45, 2.75) is 13.3 Å². The number of carboxylic acids is 1. The second-order valence-electron chi connectivity index (χ2n) is 5.73. The van der Waals surface area contributed by atoms with Crippen LogP contribution in [0.2, 0.25) is 0 Å². The van der Waals surface area contributed by atoms with Crippen LogP contribution in [0.15, 0.2) is 35.3 Å². The summed E-state index contributed by atoms with van der Waals surface area (Å²) in [7, 11) is 1.50. The van der Waals surface area contributed by atoms with Gasteiger partial charge in [0.05, 0.1) is 12.1 Å².